The highest BCUT2D eigenvalue weighted by Gasteiger charge is 2.61. The maximum absolute atomic E-state index is 17.0. The number of anilines is 1. The summed E-state index contributed by atoms with van der Waals surface area (Å²) in [5.41, 5.74) is -0.131. The Balaban J connectivity index is 1.23. The number of pyridine rings is 1. The highest BCUT2D eigenvalue weighted by Crippen LogP contribution is 2.56. The van der Waals surface area contributed by atoms with Crippen molar-refractivity contribution < 1.29 is 23.4 Å². The molecule has 0 radical (unpaired) electrons. The van der Waals surface area contributed by atoms with E-state index in [2.05, 4.69) is 31.0 Å². The van der Waals surface area contributed by atoms with Gasteiger partial charge in [0, 0.05) is 42.2 Å². The molecule has 2 bridgehead atoms. The summed E-state index contributed by atoms with van der Waals surface area (Å²) in [7, 11) is 1.46. The molecule has 4 aliphatic heterocycles. The Morgan fingerprint density at radius 3 is 2.74 bits per heavy atom. The summed E-state index contributed by atoms with van der Waals surface area (Å²) >= 11 is 0. The van der Waals surface area contributed by atoms with Crippen LogP contribution in [-0.4, -0.2) is 82.0 Å². The van der Waals surface area contributed by atoms with E-state index in [1.807, 2.05) is 0 Å². The first kappa shape index (κ1) is 28.0. The number of halogens is 2. The van der Waals surface area contributed by atoms with Crippen LogP contribution in [0.15, 0.2) is 24.3 Å². The first-order valence-corrected chi connectivity index (χ1v) is 16.1. The molecular weight excluding hydrogens is 590 g/mol. The average molecular weight is 625 g/mol. The number of aromatic nitrogens is 3. The van der Waals surface area contributed by atoms with Crippen LogP contribution in [0.2, 0.25) is 0 Å². The van der Waals surface area contributed by atoms with Crippen LogP contribution in [0, 0.1) is 29.9 Å². The van der Waals surface area contributed by atoms with E-state index in [9.17, 15) is 9.50 Å². The zero-order chi connectivity index (χ0) is 31.3. The SMILES string of the molecule is C#Cc1c(F)ccc2cc(O)cc(-c3nc(OC)c4c(N5CC6CCC(C5)N6)nc(OCC56CCCN5C5CC5C6)nc4c3F)c12. The Hall–Kier alpha value is -4.27. The number of phenolic OH excluding ortho intramolecular Hbond substituents is 1. The molecule has 2 aromatic carbocycles. The second-order valence-electron chi connectivity index (χ2n) is 13.6. The molecule has 4 saturated heterocycles. The molecule has 1 saturated carbocycles. The van der Waals surface area contributed by atoms with Crippen molar-refractivity contribution in [2.24, 2.45) is 5.92 Å². The highest BCUT2D eigenvalue weighted by atomic mass is 19.1. The van der Waals surface area contributed by atoms with Crippen LogP contribution < -0.4 is 19.7 Å². The minimum absolute atomic E-state index is 0.0158. The number of methoxy groups -OCH3 is 1. The molecule has 6 heterocycles. The molecule has 5 unspecified atom stereocenters. The summed E-state index contributed by atoms with van der Waals surface area (Å²) in [5.74, 6) is 2.23. The number of terminal acetylenes is 1. The van der Waals surface area contributed by atoms with Crippen molar-refractivity contribution in [3.8, 4) is 41.2 Å². The summed E-state index contributed by atoms with van der Waals surface area (Å²) in [4.78, 5) is 19.0. The van der Waals surface area contributed by atoms with E-state index in [4.69, 9.17) is 20.9 Å². The average Bonchev–Trinajstić information content (AvgIpc) is 3.37. The molecule has 0 spiro atoms. The fourth-order valence-corrected chi connectivity index (χ4v) is 8.88. The van der Waals surface area contributed by atoms with Gasteiger partial charge in [-0.15, -0.1) is 6.42 Å². The predicted molar refractivity (Wildman–Crippen MR) is 169 cm³/mol. The molecule has 5 atom stereocenters. The first-order chi connectivity index (χ1) is 22.4. The van der Waals surface area contributed by atoms with Gasteiger partial charge in [-0.25, -0.2) is 13.8 Å². The summed E-state index contributed by atoms with van der Waals surface area (Å²) in [6.45, 7) is 2.91. The zero-order valence-corrected chi connectivity index (χ0v) is 25.5. The summed E-state index contributed by atoms with van der Waals surface area (Å²) in [6, 6.07) is 6.87. The molecule has 2 N–H and O–H groups in total. The van der Waals surface area contributed by atoms with E-state index in [0.29, 0.717) is 54.4 Å². The minimum atomic E-state index is -0.760. The predicted octanol–water partition coefficient (Wildman–Crippen LogP) is 4.76. The fraction of sp³-hybridized carbons (Fsp3) is 0.457. The molecule has 9 rings (SSSR count). The molecule has 11 heteroatoms. The molecular formula is C35H34F2N6O3. The van der Waals surface area contributed by atoms with Crippen LogP contribution in [0.25, 0.3) is 32.9 Å². The van der Waals surface area contributed by atoms with E-state index >= 15 is 4.39 Å². The van der Waals surface area contributed by atoms with Gasteiger partial charge in [0.1, 0.15) is 40.6 Å². The third kappa shape index (κ3) is 4.16. The fourth-order valence-electron chi connectivity index (χ4n) is 8.88. The van der Waals surface area contributed by atoms with Crippen LogP contribution in [-0.2, 0) is 0 Å². The van der Waals surface area contributed by atoms with Crippen LogP contribution in [0.3, 0.4) is 0 Å². The van der Waals surface area contributed by atoms with Crippen LogP contribution in [0.4, 0.5) is 14.6 Å². The number of benzene rings is 2. The third-order valence-electron chi connectivity index (χ3n) is 10.9. The molecule has 4 aromatic rings. The van der Waals surface area contributed by atoms with Crippen molar-refractivity contribution >= 4 is 27.5 Å². The molecule has 0 amide bonds. The molecule has 9 nitrogen and oxygen atoms in total. The van der Waals surface area contributed by atoms with Crippen molar-refractivity contribution in [3.05, 3.63) is 41.5 Å². The zero-order valence-electron chi connectivity index (χ0n) is 25.5. The van der Waals surface area contributed by atoms with Crippen LogP contribution >= 0.6 is 0 Å². The van der Waals surface area contributed by atoms with Crippen molar-refractivity contribution in [1.29, 1.82) is 0 Å². The third-order valence-corrected chi connectivity index (χ3v) is 10.9. The smallest absolute Gasteiger partial charge is 0.319 e. The number of hydrogen-bond acceptors (Lipinski definition) is 9. The molecule has 1 aliphatic carbocycles. The van der Waals surface area contributed by atoms with E-state index < -0.39 is 11.6 Å². The van der Waals surface area contributed by atoms with Crippen molar-refractivity contribution in [1.82, 2.24) is 25.2 Å². The number of rotatable bonds is 6. The number of hydrogen-bond donors (Lipinski definition) is 2. The number of piperidine rings is 1. The van der Waals surface area contributed by atoms with Crippen LogP contribution in [0.5, 0.6) is 17.6 Å². The molecule has 46 heavy (non-hydrogen) atoms. The van der Waals surface area contributed by atoms with Gasteiger partial charge in [0.15, 0.2) is 5.82 Å². The van der Waals surface area contributed by atoms with Gasteiger partial charge in [0.05, 0.1) is 18.2 Å². The lowest BCUT2D eigenvalue weighted by Gasteiger charge is -2.35. The Kier molecular flexibility index (Phi) is 6.15. The second-order valence-corrected chi connectivity index (χ2v) is 13.6. The van der Waals surface area contributed by atoms with E-state index in [1.165, 1.54) is 37.8 Å². The Bertz CT molecular complexity index is 1970. The van der Waals surface area contributed by atoms with Gasteiger partial charge in [-0.1, -0.05) is 12.0 Å². The molecule has 2 aromatic heterocycles. The lowest BCUT2D eigenvalue weighted by atomic mass is 9.93. The minimum Gasteiger partial charge on any atom is -0.508 e. The van der Waals surface area contributed by atoms with Crippen molar-refractivity contribution in [2.45, 2.75) is 62.2 Å². The van der Waals surface area contributed by atoms with Crippen molar-refractivity contribution in [3.63, 3.8) is 0 Å². The summed E-state index contributed by atoms with van der Waals surface area (Å²) < 4.78 is 44.2. The second kappa shape index (κ2) is 10.1. The van der Waals surface area contributed by atoms with E-state index in [-0.39, 0.29) is 50.9 Å². The number of piperazine rings is 1. The maximum Gasteiger partial charge on any atom is 0.319 e. The van der Waals surface area contributed by atoms with Gasteiger partial charge >= 0.3 is 6.01 Å². The number of ether oxygens (including phenoxy) is 2. The Morgan fingerprint density at radius 1 is 1.13 bits per heavy atom. The number of nitrogens with zero attached hydrogens (tertiary/aromatic N) is 5. The summed E-state index contributed by atoms with van der Waals surface area (Å²) in [6.07, 6.45) is 12.4. The summed E-state index contributed by atoms with van der Waals surface area (Å²) in [5, 5.41) is 15.3. The highest BCUT2D eigenvalue weighted by molar-refractivity contribution is 6.04. The maximum atomic E-state index is 17.0. The topological polar surface area (TPSA) is 95.9 Å². The van der Waals surface area contributed by atoms with E-state index in [1.54, 1.807) is 0 Å². The van der Waals surface area contributed by atoms with Crippen LogP contribution in [0.1, 0.15) is 44.1 Å². The number of fused-ring (bicyclic) bond motifs is 7. The van der Waals surface area contributed by atoms with Gasteiger partial charge in [0.2, 0.25) is 5.88 Å². The normalized spacial score (nSPS) is 28.0. The van der Waals surface area contributed by atoms with Gasteiger partial charge in [0.25, 0.3) is 0 Å². The van der Waals surface area contributed by atoms with Crippen molar-refractivity contribution in [2.75, 3.05) is 38.3 Å². The van der Waals surface area contributed by atoms with E-state index in [0.717, 1.165) is 44.6 Å². The monoisotopic (exact) mass is 624 g/mol. The van der Waals surface area contributed by atoms with Gasteiger partial charge < -0.3 is 24.8 Å². The Morgan fingerprint density at radius 2 is 1.96 bits per heavy atom. The first-order valence-electron chi connectivity index (χ1n) is 16.1. The number of aromatic hydroxyl groups is 1. The standard InChI is InChI=1S/C35H34F2N6O3/c1-3-23-25(36)8-5-18-11-22(44)13-24(27(18)23)30-29(37)31-28(33(39-30)45-2)32(42-15-20-6-7-21(16-42)38-20)41-34(40-31)46-17-35-9-4-10-43(35)26-12-19(26)14-35/h1,5,8,11,13,19-21,26,38,44H,4,6-7,9-10,12,14-17H2,2H3. The number of phenols is 1. The lowest BCUT2D eigenvalue weighted by molar-refractivity contribution is 0.0867. The largest absolute Gasteiger partial charge is 0.508 e. The van der Waals surface area contributed by atoms with Gasteiger partial charge in [-0.2, -0.15) is 9.97 Å². The molecule has 236 valence electrons. The van der Waals surface area contributed by atoms with Gasteiger partial charge in [-0.05, 0) is 74.6 Å². The molecule has 5 aliphatic rings. The quantitative estimate of drug-likeness (QED) is 0.295. The number of nitrogens with one attached hydrogen (secondary N) is 1. The molecule has 5 fully saturated rings. The van der Waals surface area contributed by atoms with Gasteiger partial charge in [-0.3, -0.25) is 4.90 Å². The lowest BCUT2D eigenvalue weighted by Crippen LogP contribution is -2.51. The Labute approximate surface area is 264 Å².